The van der Waals surface area contributed by atoms with Gasteiger partial charge in [-0.15, -0.1) is 11.3 Å². The van der Waals surface area contributed by atoms with Crippen LogP contribution in [-0.2, 0) is 6.42 Å². The first-order valence-electron chi connectivity index (χ1n) is 9.13. The van der Waals surface area contributed by atoms with E-state index in [-0.39, 0.29) is 6.10 Å². The molecule has 0 aromatic carbocycles. The Hall–Kier alpha value is -1.71. The summed E-state index contributed by atoms with van der Waals surface area (Å²) in [7, 11) is 4.31. The highest BCUT2D eigenvalue weighted by Gasteiger charge is 2.31. The number of hydrogen-bond acceptors (Lipinski definition) is 6. The van der Waals surface area contributed by atoms with Crippen LogP contribution in [0.4, 0.5) is 0 Å². The summed E-state index contributed by atoms with van der Waals surface area (Å²) in [5.74, 6) is 1.05. The molecule has 5 nitrogen and oxygen atoms in total. The second kappa shape index (κ2) is 6.89. The molecule has 2 heterocycles. The highest BCUT2D eigenvalue weighted by atomic mass is 32.1. The second-order valence-electron chi connectivity index (χ2n) is 7.41. The fourth-order valence-corrected chi connectivity index (χ4v) is 5.51. The molecule has 0 N–H and O–H groups in total. The van der Waals surface area contributed by atoms with E-state index in [1.807, 2.05) is 0 Å². The third-order valence-corrected chi connectivity index (χ3v) is 6.86. The van der Waals surface area contributed by atoms with Gasteiger partial charge in [-0.1, -0.05) is 0 Å². The van der Waals surface area contributed by atoms with Gasteiger partial charge in [-0.05, 0) is 64.1 Å². The molecule has 1 atom stereocenters. The van der Waals surface area contributed by atoms with Crippen LogP contribution in [0.15, 0.2) is 6.33 Å². The summed E-state index contributed by atoms with van der Waals surface area (Å²) in [5.41, 5.74) is 1.29. The van der Waals surface area contributed by atoms with Crippen molar-refractivity contribution in [1.82, 2.24) is 14.9 Å². The van der Waals surface area contributed by atoms with Crippen LogP contribution in [0.2, 0.25) is 0 Å². The monoisotopic (exact) mass is 356 g/mol. The Bertz CT molecular complexity index is 802. The molecule has 1 fully saturated rings. The Morgan fingerprint density at radius 1 is 1.24 bits per heavy atom. The van der Waals surface area contributed by atoms with Crippen LogP contribution >= 0.6 is 11.3 Å². The minimum absolute atomic E-state index is 0.237. The van der Waals surface area contributed by atoms with E-state index in [1.165, 1.54) is 23.3 Å². The zero-order chi connectivity index (χ0) is 17.4. The minimum Gasteiger partial charge on any atom is -0.474 e. The fraction of sp³-hybridized carbons (Fsp3) is 0.632. The summed E-state index contributed by atoms with van der Waals surface area (Å²) >= 11 is 1.75. The topological polar surface area (TPSA) is 62.0 Å². The lowest BCUT2D eigenvalue weighted by Gasteiger charge is -2.32. The number of hydrogen-bond donors (Lipinski definition) is 0. The summed E-state index contributed by atoms with van der Waals surface area (Å²) in [5, 5.41) is 10.2. The summed E-state index contributed by atoms with van der Waals surface area (Å²) in [6.07, 6.45) is 9.03. The van der Waals surface area contributed by atoms with Crippen molar-refractivity contribution in [2.75, 3.05) is 14.1 Å². The number of nitriles is 1. The predicted molar refractivity (Wildman–Crippen MR) is 99.1 cm³/mol. The maximum Gasteiger partial charge on any atom is 0.225 e. The van der Waals surface area contributed by atoms with Crippen molar-refractivity contribution in [3.63, 3.8) is 0 Å². The zero-order valence-electron chi connectivity index (χ0n) is 14.9. The molecule has 2 aromatic heterocycles. The van der Waals surface area contributed by atoms with E-state index in [9.17, 15) is 0 Å². The average Bonchev–Trinajstić information content (AvgIpc) is 3.16. The van der Waals surface area contributed by atoms with Crippen molar-refractivity contribution in [2.24, 2.45) is 0 Å². The van der Waals surface area contributed by atoms with Crippen molar-refractivity contribution < 1.29 is 4.74 Å². The predicted octanol–water partition coefficient (Wildman–Crippen LogP) is 3.89. The van der Waals surface area contributed by atoms with Crippen LogP contribution in [-0.4, -0.2) is 41.1 Å². The first-order valence-corrected chi connectivity index (χ1v) is 9.95. The van der Waals surface area contributed by atoms with E-state index in [0.717, 1.165) is 41.8 Å². The van der Waals surface area contributed by atoms with E-state index >= 15 is 0 Å². The third kappa shape index (κ3) is 3.11. The molecule has 6 heteroatoms. The molecule has 132 valence electrons. The molecule has 0 amide bonds. The highest BCUT2D eigenvalue weighted by Crippen LogP contribution is 2.47. The molecular formula is C19H24N4OS. The highest BCUT2D eigenvalue weighted by molar-refractivity contribution is 7.19. The van der Waals surface area contributed by atoms with Gasteiger partial charge in [0.05, 0.1) is 11.5 Å². The van der Waals surface area contributed by atoms with Gasteiger partial charge in [-0.3, -0.25) is 0 Å². The van der Waals surface area contributed by atoms with Gasteiger partial charge in [0.25, 0.3) is 0 Å². The molecule has 0 saturated heterocycles. The van der Waals surface area contributed by atoms with Crippen molar-refractivity contribution >= 4 is 21.6 Å². The normalized spacial score (nSPS) is 25.9. The van der Waals surface area contributed by atoms with Crippen LogP contribution < -0.4 is 4.74 Å². The standard InChI is InChI=1S/C19H24N4OS/c1-23(2)13-4-6-14(7-5-13)24-18-17-16-12(9-10-20)3-8-15(16)25-19(17)22-11-21-18/h11-14H,3-9H2,1-2H3. The fourth-order valence-electron chi connectivity index (χ4n) is 4.28. The quantitative estimate of drug-likeness (QED) is 0.832. The Kier molecular flexibility index (Phi) is 4.61. The van der Waals surface area contributed by atoms with Crippen LogP contribution in [0.5, 0.6) is 5.88 Å². The van der Waals surface area contributed by atoms with Gasteiger partial charge >= 0.3 is 0 Å². The van der Waals surface area contributed by atoms with Gasteiger partial charge in [-0.2, -0.15) is 5.26 Å². The first kappa shape index (κ1) is 16.7. The smallest absolute Gasteiger partial charge is 0.225 e. The lowest BCUT2D eigenvalue weighted by molar-refractivity contribution is 0.108. The Morgan fingerprint density at radius 3 is 2.76 bits per heavy atom. The summed E-state index contributed by atoms with van der Waals surface area (Å²) in [6.45, 7) is 0. The van der Waals surface area contributed by atoms with Gasteiger partial charge in [0.1, 0.15) is 17.3 Å². The van der Waals surface area contributed by atoms with Crippen LogP contribution in [0.3, 0.4) is 0 Å². The van der Waals surface area contributed by atoms with Crippen LogP contribution in [0, 0.1) is 11.3 Å². The Balaban J connectivity index is 1.60. The number of ether oxygens (including phenoxy) is 1. The summed E-state index contributed by atoms with van der Waals surface area (Å²) in [6, 6.07) is 3.00. The molecule has 0 spiro atoms. The number of fused-ring (bicyclic) bond motifs is 3. The molecule has 0 aliphatic heterocycles. The largest absolute Gasteiger partial charge is 0.474 e. The molecule has 0 radical (unpaired) electrons. The van der Waals surface area contributed by atoms with E-state index in [0.29, 0.717) is 18.4 Å². The first-order chi connectivity index (χ1) is 12.2. The molecule has 4 rings (SSSR count). The van der Waals surface area contributed by atoms with E-state index < -0.39 is 0 Å². The van der Waals surface area contributed by atoms with Crippen molar-refractivity contribution in [1.29, 1.82) is 5.26 Å². The Morgan fingerprint density at radius 2 is 2.04 bits per heavy atom. The zero-order valence-corrected chi connectivity index (χ0v) is 15.7. The number of aromatic nitrogens is 2. The van der Waals surface area contributed by atoms with Crippen molar-refractivity contribution in [3.8, 4) is 11.9 Å². The van der Waals surface area contributed by atoms with Crippen molar-refractivity contribution in [2.45, 2.75) is 63.0 Å². The molecule has 1 saturated carbocycles. The summed E-state index contributed by atoms with van der Waals surface area (Å²) in [4.78, 5) is 13.6. The van der Waals surface area contributed by atoms with Crippen molar-refractivity contribution in [3.05, 3.63) is 16.8 Å². The third-order valence-electron chi connectivity index (χ3n) is 5.69. The van der Waals surface area contributed by atoms with Gasteiger partial charge in [0, 0.05) is 17.3 Å². The minimum atomic E-state index is 0.237. The van der Waals surface area contributed by atoms with Gasteiger partial charge in [-0.25, -0.2) is 9.97 Å². The van der Waals surface area contributed by atoms with E-state index in [2.05, 4.69) is 35.0 Å². The molecule has 2 aliphatic carbocycles. The lowest BCUT2D eigenvalue weighted by Crippen LogP contribution is -2.35. The maximum absolute atomic E-state index is 9.15. The molecule has 25 heavy (non-hydrogen) atoms. The lowest BCUT2D eigenvalue weighted by atomic mass is 9.92. The van der Waals surface area contributed by atoms with Gasteiger partial charge in [0.2, 0.25) is 5.88 Å². The number of rotatable bonds is 4. The maximum atomic E-state index is 9.15. The van der Waals surface area contributed by atoms with E-state index in [1.54, 1.807) is 17.7 Å². The molecule has 1 unspecified atom stereocenters. The van der Waals surface area contributed by atoms with Gasteiger partial charge in [0.15, 0.2) is 0 Å². The van der Waals surface area contributed by atoms with E-state index in [4.69, 9.17) is 10.00 Å². The summed E-state index contributed by atoms with van der Waals surface area (Å²) < 4.78 is 6.36. The second-order valence-corrected chi connectivity index (χ2v) is 8.49. The average molecular weight is 356 g/mol. The van der Waals surface area contributed by atoms with Gasteiger partial charge < -0.3 is 9.64 Å². The SMILES string of the molecule is CN(C)C1CCC(Oc2ncnc3sc4c(c23)C(CC#N)CC4)CC1. The molecular weight excluding hydrogens is 332 g/mol. The molecule has 0 bridgehead atoms. The van der Waals surface area contributed by atoms with Crippen LogP contribution in [0.1, 0.15) is 54.9 Å². The van der Waals surface area contributed by atoms with Crippen LogP contribution in [0.25, 0.3) is 10.2 Å². The number of thiophene rings is 1. The number of aryl methyl sites for hydroxylation is 1. The molecule has 2 aliphatic rings. The Labute approximate surface area is 152 Å². The number of nitrogens with zero attached hydrogens (tertiary/aromatic N) is 4. The molecule has 2 aromatic rings.